The van der Waals surface area contributed by atoms with Gasteiger partial charge in [-0.3, -0.25) is 0 Å². The number of nitrogens with zero attached hydrogens (tertiary/aromatic N) is 1. The summed E-state index contributed by atoms with van der Waals surface area (Å²) in [6.07, 6.45) is 0. The molecule has 0 saturated heterocycles. The first-order chi connectivity index (χ1) is 29.7. The van der Waals surface area contributed by atoms with Crippen molar-refractivity contribution in [2.75, 3.05) is 4.90 Å². The van der Waals surface area contributed by atoms with Crippen LogP contribution in [0.3, 0.4) is 0 Å². The van der Waals surface area contributed by atoms with Crippen molar-refractivity contribution < 1.29 is 4.42 Å². The van der Waals surface area contributed by atoms with Gasteiger partial charge in [0.1, 0.15) is 11.2 Å². The smallest absolute Gasteiger partial charge is 0.136 e. The lowest BCUT2D eigenvalue weighted by atomic mass is 9.94. The standard InChI is InChI=1S/C58H39NO/c1-2-13-40(14-3-1)41-27-29-42(30-28-41)43-31-35-48(36-32-43)59(49-37-33-45(34-38-49)53-23-12-26-57-58(53)54-21-7-9-25-56(54)60-57)55-24-8-6-20-52(55)47-18-10-17-46(39-47)51-22-11-16-44-15-4-5-19-50(44)51/h1-39H. The number of furan rings is 1. The maximum absolute atomic E-state index is 6.26. The van der Waals surface area contributed by atoms with Crippen molar-refractivity contribution in [2.45, 2.75) is 0 Å². The molecule has 11 rings (SSSR count). The van der Waals surface area contributed by atoms with E-state index in [0.717, 1.165) is 61.3 Å². The van der Waals surface area contributed by atoms with E-state index < -0.39 is 0 Å². The third kappa shape index (κ3) is 6.41. The quantitative estimate of drug-likeness (QED) is 0.153. The maximum atomic E-state index is 6.26. The molecule has 0 fully saturated rings. The molecule has 282 valence electrons. The Morgan fingerprint density at radius 3 is 1.50 bits per heavy atom. The minimum Gasteiger partial charge on any atom is -0.456 e. The molecule has 0 saturated carbocycles. The minimum absolute atomic E-state index is 0.897. The molecule has 0 N–H and O–H groups in total. The highest BCUT2D eigenvalue weighted by atomic mass is 16.3. The number of para-hydroxylation sites is 2. The van der Waals surface area contributed by atoms with Crippen LogP contribution in [0, 0.1) is 0 Å². The summed E-state index contributed by atoms with van der Waals surface area (Å²) in [6.45, 7) is 0. The number of hydrogen-bond acceptors (Lipinski definition) is 2. The van der Waals surface area contributed by atoms with Gasteiger partial charge in [-0.1, -0.05) is 188 Å². The fraction of sp³-hybridized carbons (Fsp3) is 0. The highest BCUT2D eigenvalue weighted by Gasteiger charge is 2.19. The fourth-order valence-corrected chi connectivity index (χ4v) is 8.77. The molecule has 0 aliphatic carbocycles. The number of rotatable bonds is 8. The Balaban J connectivity index is 1.02. The van der Waals surface area contributed by atoms with Crippen molar-refractivity contribution >= 4 is 49.8 Å². The number of fused-ring (bicyclic) bond motifs is 4. The molecule has 60 heavy (non-hydrogen) atoms. The average Bonchev–Trinajstić information content (AvgIpc) is 3.72. The van der Waals surface area contributed by atoms with E-state index in [0.29, 0.717) is 0 Å². The van der Waals surface area contributed by atoms with Crippen LogP contribution in [-0.4, -0.2) is 0 Å². The minimum atomic E-state index is 0.897. The second kappa shape index (κ2) is 15.1. The van der Waals surface area contributed by atoms with Crippen LogP contribution >= 0.6 is 0 Å². The lowest BCUT2D eigenvalue weighted by Gasteiger charge is -2.28. The van der Waals surface area contributed by atoms with Crippen LogP contribution in [0.1, 0.15) is 0 Å². The Morgan fingerprint density at radius 1 is 0.283 bits per heavy atom. The molecule has 0 aliphatic heterocycles. The van der Waals surface area contributed by atoms with Gasteiger partial charge in [-0.2, -0.15) is 0 Å². The number of hydrogen-bond donors (Lipinski definition) is 0. The molecule has 0 bridgehead atoms. The van der Waals surface area contributed by atoms with Crippen LogP contribution in [0.5, 0.6) is 0 Å². The van der Waals surface area contributed by atoms with Crippen LogP contribution in [-0.2, 0) is 0 Å². The van der Waals surface area contributed by atoms with Gasteiger partial charge in [0, 0.05) is 27.7 Å². The van der Waals surface area contributed by atoms with Crippen molar-refractivity contribution in [2.24, 2.45) is 0 Å². The van der Waals surface area contributed by atoms with E-state index in [1.807, 2.05) is 12.1 Å². The van der Waals surface area contributed by atoms with Gasteiger partial charge < -0.3 is 9.32 Å². The van der Waals surface area contributed by atoms with Crippen molar-refractivity contribution in [1.29, 1.82) is 0 Å². The van der Waals surface area contributed by atoms with Crippen molar-refractivity contribution in [1.82, 2.24) is 0 Å². The van der Waals surface area contributed by atoms with Crippen molar-refractivity contribution in [3.63, 3.8) is 0 Å². The molecule has 1 heterocycles. The van der Waals surface area contributed by atoms with E-state index in [9.17, 15) is 0 Å². The molecular weight excluding hydrogens is 727 g/mol. The first-order valence-corrected chi connectivity index (χ1v) is 20.5. The molecule has 0 atom stereocenters. The first kappa shape index (κ1) is 35.2. The van der Waals surface area contributed by atoms with E-state index in [1.165, 1.54) is 44.2 Å². The van der Waals surface area contributed by atoms with Crippen LogP contribution in [0.4, 0.5) is 17.1 Å². The molecule has 0 radical (unpaired) electrons. The molecule has 2 nitrogen and oxygen atoms in total. The molecule has 0 unspecified atom stereocenters. The summed E-state index contributed by atoms with van der Waals surface area (Å²) in [6, 6.07) is 84.9. The van der Waals surface area contributed by atoms with Crippen LogP contribution < -0.4 is 4.90 Å². The van der Waals surface area contributed by atoms with Gasteiger partial charge in [0.05, 0.1) is 5.69 Å². The zero-order valence-corrected chi connectivity index (χ0v) is 32.9. The summed E-state index contributed by atoms with van der Waals surface area (Å²) in [5, 5.41) is 4.76. The van der Waals surface area contributed by atoms with Gasteiger partial charge in [-0.25, -0.2) is 0 Å². The van der Waals surface area contributed by atoms with Gasteiger partial charge in [-0.15, -0.1) is 0 Å². The second-order valence-electron chi connectivity index (χ2n) is 15.3. The van der Waals surface area contributed by atoms with Gasteiger partial charge in [0.15, 0.2) is 0 Å². The predicted molar refractivity (Wildman–Crippen MR) is 253 cm³/mol. The molecule has 0 amide bonds. The van der Waals surface area contributed by atoms with Crippen molar-refractivity contribution in [3.8, 4) is 55.6 Å². The Labute approximate surface area is 349 Å². The van der Waals surface area contributed by atoms with E-state index in [1.54, 1.807) is 0 Å². The molecule has 10 aromatic carbocycles. The number of benzene rings is 10. The summed E-state index contributed by atoms with van der Waals surface area (Å²) in [5.41, 5.74) is 16.9. The zero-order valence-electron chi connectivity index (χ0n) is 32.9. The third-order valence-electron chi connectivity index (χ3n) is 11.7. The Bertz CT molecular complexity index is 3280. The summed E-state index contributed by atoms with van der Waals surface area (Å²) in [7, 11) is 0. The average molecular weight is 766 g/mol. The van der Waals surface area contributed by atoms with Gasteiger partial charge >= 0.3 is 0 Å². The van der Waals surface area contributed by atoms with Crippen molar-refractivity contribution in [3.05, 3.63) is 237 Å². The highest BCUT2D eigenvalue weighted by molar-refractivity contribution is 6.12. The highest BCUT2D eigenvalue weighted by Crippen LogP contribution is 2.44. The summed E-state index contributed by atoms with van der Waals surface area (Å²) in [5.74, 6) is 0. The van der Waals surface area contributed by atoms with E-state index in [4.69, 9.17) is 4.42 Å². The zero-order chi connectivity index (χ0) is 39.8. The SMILES string of the molecule is c1ccc(-c2ccc(-c3ccc(N(c4ccc(-c5cccc6oc7ccccc7c56)cc4)c4ccccc4-c4cccc(-c5cccc6ccccc56)c4)cc3)cc2)cc1. The molecule has 2 heteroatoms. The van der Waals surface area contributed by atoms with E-state index in [-0.39, 0.29) is 0 Å². The van der Waals surface area contributed by atoms with Gasteiger partial charge in [-0.05, 0) is 109 Å². The second-order valence-corrected chi connectivity index (χ2v) is 15.3. The summed E-state index contributed by atoms with van der Waals surface area (Å²) >= 11 is 0. The van der Waals surface area contributed by atoms with E-state index in [2.05, 4.69) is 229 Å². The fourth-order valence-electron chi connectivity index (χ4n) is 8.77. The van der Waals surface area contributed by atoms with Gasteiger partial charge in [0.2, 0.25) is 0 Å². The lowest BCUT2D eigenvalue weighted by molar-refractivity contribution is 0.669. The molecule has 0 aliphatic rings. The van der Waals surface area contributed by atoms with Crippen LogP contribution in [0.25, 0.3) is 88.3 Å². The molecule has 11 aromatic rings. The maximum Gasteiger partial charge on any atom is 0.136 e. The lowest BCUT2D eigenvalue weighted by Crippen LogP contribution is -2.11. The van der Waals surface area contributed by atoms with Crippen LogP contribution in [0.2, 0.25) is 0 Å². The third-order valence-corrected chi connectivity index (χ3v) is 11.7. The van der Waals surface area contributed by atoms with E-state index >= 15 is 0 Å². The van der Waals surface area contributed by atoms with Gasteiger partial charge in [0.25, 0.3) is 0 Å². The monoisotopic (exact) mass is 765 g/mol. The molecular formula is C58H39NO. The number of anilines is 3. The molecule has 0 spiro atoms. The Morgan fingerprint density at radius 2 is 0.750 bits per heavy atom. The first-order valence-electron chi connectivity index (χ1n) is 20.5. The predicted octanol–water partition coefficient (Wildman–Crippen LogP) is 16.5. The Kier molecular flexibility index (Phi) is 8.87. The summed E-state index contributed by atoms with van der Waals surface area (Å²) in [4.78, 5) is 2.39. The topological polar surface area (TPSA) is 16.4 Å². The largest absolute Gasteiger partial charge is 0.456 e. The molecule has 1 aromatic heterocycles. The summed E-state index contributed by atoms with van der Waals surface area (Å²) < 4.78 is 6.26. The van der Waals surface area contributed by atoms with Crippen LogP contribution in [0.15, 0.2) is 241 Å². The Hall–Kier alpha value is -7.94. The normalized spacial score (nSPS) is 11.3.